The molecule has 30 heavy (non-hydrogen) atoms. The van der Waals surface area contributed by atoms with Gasteiger partial charge in [-0.2, -0.15) is 4.31 Å². The number of nitrogens with zero attached hydrogens (tertiary/aromatic N) is 1. The quantitative estimate of drug-likeness (QED) is 0.754. The summed E-state index contributed by atoms with van der Waals surface area (Å²) >= 11 is 0. The van der Waals surface area contributed by atoms with Crippen LogP contribution in [0, 0.1) is 6.92 Å². The highest BCUT2D eigenvalue weighted by Crippen LogP contribution is 2.33. The van der Waals surface area contributed by atoms with Crippen molar-refractivity contribution in [3.05, 3.63) is 53.6 Å². The normalized spacial score (nSPS) is 19.0. The van der Waals surface area contributed by atoms with Gasteiger partial charge >= 0.3 is 0 Å². The molecule has 2 aromatic rings. The van der Waals surface area contributed by atoms with Gasteiger partial charge in [-0.1, -0.05) is 24.3 Å². The van der Waals surface area contributed by atoms with Gasteiger partial charge in [0.15, 0.2) is 6.61 Å². The molecule has 0 saturated carbocycles. The van der Waals surface area contributed by atoms with Crippen LogP contribution in [-0.2, 0) is 26.2 Å². The van der Waals surface area contributed by atoms with Crippen LogP contribution in [0.25, 0.3) is 0 Å². The summed E-state index contributed by atoms with van der Waals surface area (Å²) in [7, 11) is -3.91. The molecule has 0 aromatic heterocycles. The van der Waals surface area contributed by atoms with Crippen molar-refractivity contribution in [3.63, 3.8) is 0 Å². The first-order chi connectivity index (χ1) is 14.4. The van der Waals surface area contributed by atoms with E-state index in [1.165, 1.54) is 22.5 Å². The van der Waals surface area contributed by atoms with Crippen LogP contribution in [0.1, 0.15) is 24.0 Å². The minimum Gasteiger partial charge on any atom is -0.482 e. The number of ether oxygens (including phenoxy) is 1. The highest BCUT2D eigenvalue weighted by atomic mass is 32.2. The maximum Gasteiger partial charge on any atom is 0.262 e. The van der Waals surface area contributed by atoms with E-state index in [9.17, 15) is 18.0 Å². The first-order valence-corrected chi connectivity index (χ1v) is 11.2. The van der Waals surface area contributed by atoms with Crippen molar-refractivity contribution in [2.75, 3.05) is 18.5 Å². The number of sulfonamides is 1. The van der Waals surface area contributed by atoms with Crippen LogP contribution in [-0.4, -0.2) is 43.7 Å². The highest BCUT2D eigenvalue weighted by Gasteiger charge is 2.39. The summed E-state index contributed by atoms with van der Waals surface area (Å²) < 4.78 is 33.0. The Morgan fingerprint density at radius 2 is 2.07 bits per heavy atom. The molecule has 0 radical (unpaired) electrons. The molecule has 1 saturated heterocycles. The predicted molar refractivity (Wildman–Crippen MR) is 111 cm³/mol. The molecule has 2 aromatic carbocycles. The third-order valence-electron chi connectivity index (χ3n) is 5.41. The first-order valence-electron chi connectivity index (χ1n) is 9.77. The van der Waals surface area contributed by atoms with Crippen LogP contribution in [0.2, 0.25) is 0 Å². The van der Waals surface area contributed by atoms with Crippen molar-refractivity contribution in [2.45, 2.75) is 37.2 Å². The zero-order valence-electron chi connectivity index (χ0n) is 16.6. The second-order valence-electron chi connectivity index (χ2n) is 7.41. The number of nitrogens with one attached hydrogen (secondary N) is 2. The van der Waals surface area contributed by atoms with E-state index in [-0.39, 0.29) is 29.9 Å². The molecular weight excluding hydrogens is 406 g/mol. The SMILES string of the molecule is Cc1ccccc1CNC(=O)[C@@H]1CCCN1S(=O)(=O)c1ccc2c(c1)NC(=O)CO2. The lowest BCUT2D eigenvalue weighted by Crippen LogP contribution is -2.45. The molecule has 0 spiro atoms. The summed E-state index contributed by atoms with van der Waals surface area (Å²) in [5.74, 6) is -0.233. The maximum atomic E-state index is 13.2. The number of hydrogen-bond acceptors (Lipinski definition) is 5. The van der Waals surface area contributed by atoms with E-state index < -0.39 is 16.1 Å². The number of benzene rings is 2. The van der Waals surface area contributed by atoms with Gasteiger partial charge in [-0.15, -0.1) is 0 Å². The van der Waals surface area contributed by atoms with Crippen LogP contribution < -0.4 is 15.4 Å². The second kappa shape index (κ2) is 8.08. The zero-order valence-corrected chi connectivity index (χ0v) is 17.4. The molecule has 0 bridgehead atoms. The first kappa shape index (κ1) is 20.4. The number of fused-ring (bicyclic) bond motifs is 1. The summed E-state index contributed by atoms with van der Waals surface area (Å²) in [4.78, 5) is 24.4. The van der Waals surface area contributed by atoms with E-state index in [4.69, 9.17) is 4.74 Å². The molecule has 1 atom stereocenters. The molecule has 158 valence electrons. The van der Waals surface area contributed by atoms with Gasteiger partial charge in [-0.25, -0.2) is 8.42 Å². The minimum atomic E-state index is -3.91. The molecular formula is C21H23N3O5S. The molecule has 4 rings (SSSR count). The fourth-order valence-electron chi connectivity index (χ4n) is 3.76. The van der Waals surface area contributed by atoms with Crippen molar-refractivity contribution in [1.29, 1.82) is 0 Å². The predicted octanol–water partition coefficient (Wildman–Crippen LogP) is 1.80. The lowest BCUT2D eigenvalue weighted by molar-refractivity contribution is -0.124. The molecule has 2 aliphatic heterocycles. The summed E-state index contributed by atoms with van der Waals surface area (Å²) in [5, 5.41) is 5.48. The van der Waals surface area contributed by atoms with Crippen LogP contribution in [0.5, 0.6) is 5.75 Å². The molecule has 0 unspecified atom stereocenters. The monoisotopic (exact) mass is 429 g/mol. The van der Waals surface area contributed by atoms with Crippen molar-refractivity contribution < 1.29 is 22.7 Å². The molecule has 9 heteroatoms. The second-order valence-corrected chi connectivity index (χ2v) is 9.30. The van der Waals surface area contributed by atoms with E-state index in [0.29, 0.717) is 30.8 Å². The molecule has 8 nitrogen and oxygen atoms in total. The highest BCUT2D eigenvalue weighted by molar-refractivity contribution is 7.89. The molecule has 0 aliphatic carbocycles. The Morgan fingerprint density at radius 1 is 1.27 bits per heavy atom. The largest absolute Gasteiger partial charge is 0.482 e. The lowest BCUT2D eigenvalue weighted by atomic mass is 10.1. The average Bonchev–Trinajstić information content (AvgIpc) is 3.23. The van der Waals surface area contributed by atoms with Crippen LogP contribution in [0.3, 0.4) is 0 Å². The Balaban J connectivity index is 1.52. The van der Waals surface area contributed by atoms with Gasteiger partial charge in [-0.3, -0.25) is 9.59 Å². The van der Waals surface area contributed by atoms with Gasteiger partial charge in [0.1, 0.15) is 11.8 Å². The molecule has 1 fully saturated rings. The number of amides is 2. The summed E-state index contributed by atoms with van der Waals surface area (Å²) in [6.07, 6.45) is 1.07. The molecule has 2 heterocycles. The number of aryl methyl sites for hydroxylation is 1. The fraction of sp³-hybridized carbons (Fsp3) is 0.333. The zero-order chi connectivity index (χ0) is 21.3. The van der Waals surface area contributed by atoms with Crippen LogP contribution in [0.4, 0.5) is 5.69 Å². The van der Waals surface area contributed by atoms with Gasteiger partial charge in [-0.05, 0) is 49.1 Å². The number of carbonyl (C=O) groups is 2. The third kappa shape index (κ3) is 3.90. The Morgan fingerprint density at radius 3 is 2.87 bits per heavy atom. The van der Waals surface area contributed by atoms with Gasteiger partial charge in [0, 0.05) is 13.1 Å². The standard InChI is InChI=1S/C21H23N3O5S/c1-14-5-2-3-6-15(14)12-22-21(26)18-7-4-10-24(18)30(27,28)16-8-9-19-17(11-16)23-20(25)13-29-19/h2-3,5-6,8-9,11,18H,4,7,10,12-13H2,1H3,(H,22,26)(H,23,25)/t18-/m0/s1. The average molecular weight is 429 g/mol. The van der Waals surface area contributed by atoms with Crippen molar-refractivity contribution in [2.24, 2.45) is 0 Å². The molecule has 2 N–H and O–H groups in total. The van der Waals surface area contributed by atoms with E-state index in [2.05, 4.69) is 10.6 Å². The van der Waals surface area contributed by atoms with Crippen molar-refractivity contribution in [1.82, 2.24) is 9.62 Å². The van der Waals surface area contributed by atoms with Gasteiger partial charge in [0.2, 0.25) is 15.9 Å². The minimum absolute atomic E-state index is 0.0191. The summed E-state index contributed by atoms with van der Waals surface area (Å²) in [6, 6.07) is 11.3. The van der Waals surface area contributed by atoms with Crippen molar-refractivity contribution in [3.8, 4) is 5.75 Å². The number of carbonyl (C=O) groups excluding carboxylic acids is 2. The summed E-state index contributed by atoms with van der Waals surface area (Å²) in [5.41, 5.74) is 2.36. The topological polar surface area (TPSA) is 105 Å². The lowest BCUT2D eigenvalue weighted by Gasteiger charge is -2.25. The molecule has 2 amide bonds. The molecule has 2 aliphatic rings. The van der Waals surface area contributed by atoms with Gasteiger partial charge in [0.25, 0.3) is 5.91 Å². The van der Waals surface area contributed by atoms with Gasteiger partial charge in [0.05, 0.1) is 10.6 Å². The van der Waals surface area contributed by atoms with Crippen LogP contribution >= 0.6 is 0 Å². The van der Waals surface area contributed by atoms with Crippen LogP contribution in [0.15, 0.2) is 47.4 Å². The Labute approximate surface area is 175 Å². The Hall–Kier alpha value is -2.91. The Kier molecular flexibility index (Phi) is 5.48. The van der Waals surface area contributed by atoms with E-state index in [1.54, 1.807) is 0 Å². The van der Waals surface area contributed by atoms with E-state index in [0.717, 1.165) is 11.1 Å². The number of rotatable bonds is 5. The maximum absolute atomic E-state index is 13.2. The number of hydrogen-bond donors (Lipinski definition) is 2. The van der Waals surface area contributed by atoms with Gasteiger partial charge < -0.3 is 15.4 Å². The number of anilines is 1. The van der Waals surface area contributed by atoms with Crippen molar-refractivity contribution >= 4 is 27.5 Å². The smallest absolute Gasteiger partial charge is 0.262 e. The fourth-order valence-corrected chi connectivity index (χ4v) is 5.44. The Bertz CT molecular complexity index is 1100. The summed E-state index contributed by atoms with van der Waals surface area (Å²) in [6.45, 7) is 2.48. The van der Waals surface area contributed by atoms with E-state index >= 15 is 0 Å². The van der Waals surface area contributed by atoms with E-state index in [1.807, 2.05) is 31.2 Å². The third-order valence-corrected chi connectivity index (χ3v) is 7.32.